The van der Waals surface area contributed by atoms with Crippen molar-refractivity contribution in [1.29, 1.82) is 0 Å². The minimum absolute atomic E-state index is 0.489. The maximum Gasteiger partial charge on any atom is 0.0599 e. The molecule has 0 bridgehead atoms. The highest BCUT2D eigenvalue weighted by molar-refractivity contribution is 4.67. The summed E-state index contributed by atoms with van der Waals surface area (Å²) in [6.45, 7) is 6.74. The first-order valence-electron chi connectivity index (χ1n) is 5.33. The van der Waals surface area contributed by atoms with Gasteiger partial charge in [0.25, 0.3) is 0 Å². The van der Waals surface area contributed by atoms with Crippen molar-refractivity contribution in [3.8, 4) is 0 Å². The van der Waals surface area contributed by atoms with E-state index in [1.165, 1.54) is 0 Å². The number of rotatable bonds is 6. The molecule has 0 aromatic heterocycles. The van der Waals surface area contributed by atoms with E-state index >= 15 is 0 Å². The SMILES string of the molecule is CCOCCCOC1CCNCC1. The molecular formula is C10H21NO2. The Morgan fingerprint density at radius 1 is 1.23 bits per heavy atom. The second-order valence-electron chi connectivity index (χ2n) is 3.37. The molecule has 1 aliphatic rings. The Hall–Kier alpha value is -0.120. The molecule has 0 spiro atoms. The topological polar surface area (TPSA) is 30.5 Å². The zero-order valence-electron chi connectivity index (χ0n) is 8.55. The maximum absolute atomic E-state index is 5.71. The zero-order chi connectivity index (χ0) is 9.36. The van der Waals surface area contributed by atoms with Crippen LogP contribution in [0.15, 0.2) is 0 Å². The minimum atomic E-state index is 0.489. The molecule has 0 atom stereocenters. The molecule has 1 N–H and O–H groups in total. The molecule has 1 saturated heterocycles. The predicted octanol–water partition coefficient (Wildman–Crippen LogP) is 1.18. The largest absolute Gasteiger partial charge is 0.382 e. The molecular weight excluding hydrogens is 166 g/mol. The van der Waals surface area contributed by atoms with E-state index in [2.05, 4.69) is 5.32 Å². The number of hydrogen-bond acceptors (Lipinski definition) is 3. The maximum atomic E-state index is 5.71. The molecule has 0 amide bonds. The first kappa shape index (κ1) is 11.0. The van der Waals surface area contributed by atoms with Gasteiger partial charge >= 0.3 is 0 Å². The minimum Gasteiger partial charge on any atom is -0.382 e. The van der Waals surface area contributed by atoms with Crippen LogP contribution in [-0.4, -0.2) is 39.0 Å². The van der Waals surface area contributed by atoms with Crippen LogP contribution in [0.2, 0.25) is 0 Å². The van der Waals surface area contributed by atoms with Gasteiger partial charge in [-0.25, -0.2) is 0 Å². The van der Waals surface area contributed by atoms with E-state index in [9.17, 15) is 0 Å². The Kier molecular flexibility index (Phi) is 6.15. The van der Waals surface area contributed by atoms with Crippen LogP contribution in [0.4, 0.5) is 0 Å². The molecule has 0 aromatic carbocycles. The van der Waals surface area contributed by atoms with Crippen molar-refractivity contribution >= 4 is 0 Å². The van der Waals surface area contributed by atoms with Crippen LogP contribution >= 0.6 is 0 Å². The molecule has 1 fully saturated rings. The summed E-state index contributed by atoms with van der Waals surface area (Å²) in [6, 6.07) is 0. The third kappa shape index (κ3) is 5.24. The summed E-state index contributed by atoms with van der Waals surface area (Å²) in [5.74, 6) is 0. The molecule has 1 aliphatic heterocycles. The first-order chi connectivity index (χ1) is 6.43. The number of nitrogens with one attached hydrogen (secondary N) is 1. The molecule has 0 aliphatic carbocycles. The fourth-order valence-electron chi connectivity index (χ4n) is 1.52. The third-order valence-corrected chi connectivity index (χ3v) is 2.28. The van der Waals surface area contributed by atoms with Gasteiger partial charge in [-0.3, -0.25) is 0 Å². The molecule has 0 saturated carbocycles. The van der Waals surface area contributed by atoms with Crippen LogP contribution in [0, 0.1) is 0 Å². The molecule has 0 radical (unpaired) electrons. The Morgan fingerprint density at radius 2 is 2.00 bits per heavy atom. The predicted molar refractivity (Wildman–Crippen MR) is 53.0 cm³/mol. The quantitative estimate of drug-likeness (QED) is 0.633. The lowest BCUT2D eigenvalue weighted by Gasteiger charge is -2.22. The van der Waals surface area contributed by atoms with E-state index in [4.69, 9.17) is 9.47 Å². The zero-order valence-corrected chi connectivity index (χ0v) is 8.55. The van der Waals surface area contributed by atoms with Gasteiger partial charge in [0.2, 0.25) is 0 Å². The van der Waals surface area contributed by atoms with Crippen molar-refractivity contribution in [2.45, 2.75) is 32.3 Å². The second kappa shape index (κ2) is 7.30. The lowest BCUT2D eigenvalue weighted by Crippen LogP contribution is -2.32. The first-order valence-corrected chi connectivity index (χ1v) is 5.33. The van der Waals surface area contributed by atoms with E-state index in [-0.39, 0.29) is 0 Å². The Bertz CT molecular complexity index is 113. The van der Waals surface area contributed by atoms with Crippen LogP contribution in [0.1, 0.15) is 26.2 Å². The van der Waals surface area contributed by atoms with Gasteiger partial charge in [0.1, 0.15) is 0 Å². The summed E-state index contributed by atoms with van der Waals surface area (Å²) < 4.78 is 10.9. The van der Waals surface area contributed by atoms with Crippen molar-refractivity contribution in [2.75, 3.05) is 32.9 Å². The van der Waals surface area contributed by atoms with E-state index in [0.29, 0.717) is 6.10 Å². The normalized spacial score (nSPS) is 19.2. The number of piperidine rings is 1. The van der Waals surface area contributed by atoms with Crippen molar-refractivity contribution < 1.29 is 9.47 Å². The lowest BCUT2D eigenvalue weighted by atomic mass is 10.1. The summed E-state index contributed by atoms with van der Waals surface area (Å²) in [6.07, 6.45) is 3.84. The second-order valence-corrected chi connectivity index (χ2v) is 3.37. The van der Waals surface area contributed by atoms with E-state index < -0.39 is 0 Å². The number of hydrogen-bond donors (Lipinski definition) is 1. The van der Waals surface area contributed by atoms with Crippen LogP contribution in [-0.2, 0) is 9.47 Å². The van der Waals surface area contributed by atoms with Gasteiger partial charge in [0, 0.05) is 19.8 Å². The average molecular weight is 187 g/mol. The van der Waals surface area contributed by atoms with Gasteiger partial charge in [0.15, 0.2) is 0 Å². The van der Waals surface area contributed by atoms with Crippen LogP contribution in [0.25, 0.3) is 0 Å². The highest BCUT2D eigenvalue weighted by atomic mass is 16.5. The van der Waals surface area contributed by atoms with Gasteiger partial charge < -0.3 is 14.8 Å². The molecule has 78 valence electrons. The lowest BCUT2D eigenvalue weighted by molar-refractivity contribution is 0.0188. The molecule has 3 nitrogen and oxygen atoms in total. The van der Waals surface area contributed by atoms with Gasteiger partial charge in [0.05, 0.1) is 6.10 Å². The Morgan fingerprint density at radius 3 is 2.69 bits per heavy atom. The molecule has 1 rings (SSSR count). The number of ether oxygens (including phenoxy) is 2. The molecule has 0 aromatic rings. The third-order valence-electron chi connectivity index (χ3n) is 2.28. The highest BCUT2D eigenvalue weighted by Gasteiger charge is 2.12. The Balaban J connectivity index is 1.86. The Labute approximate surface area is 80.8 Å². The van der Waals surface area contributed by atoms with Crippen molar-refractivity contribution in [3.63, 3.8) is 0 Å². The van der Waals surface area contributed by atoms with Gasteiger partial charge in [-0.05, 0) is 39.3 Å². The fourth-order valence-corrected chi connectivity index (χ4v) is 1.52. The van der Waals surface area contributed by atoms with Crippen molar-refractivity contribution in [3.05, 3.63) is 0 Å². The molecule has 1 heterocycles. The molecule has 0 unspecified atom stereocenters. The molecule has 13 heavy (non-hydrogen) atoms. The van der Waals surface area contributed by atoms with Crippen LogP contribution < -0.4 is 5.32 Å². The fraction of sp³-hybridized carbons (Fsp3) is 1.00. The van der Waals surface area contributed by atoms with Crippen molar-refractivity contribution in [1.82, 2.24) is 5.32 Å². The monoisotopic (exact) mass is 187 g/mol. The average Bonchev–Trinajstić information content (AvgIpc) is 2.19. The summed E-state index contributed by atoms with van der Waals surface area (Å²) in [7, 11) is 0. The smallest absolute Gasteiger partial charge is 0.0599 e. The summed E-state index contributed by atoms with van der Waals surface area (Å²) in [5.41, 5.74) is 0. The summed E-state index contributed by atoms with van der Waals surface area (Å²) >= 11 is 0. The van der Waals surface area contributed by atoms with Crippen LogP contribution in [0.5, 0.6) is 0 Å². The summed E-state index contributed by atoms with van der Waals surface area (Å²) in [5, 5.41) is 3.32. The van der Waals surface area contributed by atoms with E-state index in [0.717, 1.165) is 52.2 Å². The standard InChI is InChI=1S/C10H21NO2/c1-2-12-8-3-9-13-10-4-6-11-7-5-10/h10-11H,2-9H2,1H3. The molecule has 3 heteroatoms. The van der Waals surface area contributed by atoms with Gasteiger partial charge in [-0.2, -0.15) is 0 Å². The van der Waals surface area contributed by atoms with Crippen LogP contribution in [0.3, 0.4) is 0 Å². The van der Waals surface area contributed by atoms with Gasteiger partial charge in [-0.15, -0.1) is 0 Å². The van der Waals surface area contributed by atoms with Gasteiger partial charge in [-0.1, -0.05) is 0 Å². The van der Waals surface area contributed by atoms with E-state index in [1.54, 1.807) is 0 Å². The highest BCUT2D eigenvalue weighted by Crippen LogP contribution is 2.07. The van der Waals surface area contributed by atoms with E-state index in [1.807, 2.05) is 6.92 Å². The summed E-state index contributed by atoms with van der Waals surface area (Å²) in [4.78, 5) is 0. The van der Waals surface area contributed by atoms with Crippen molar-refractivity contribution in [2.24, 2.45) is 0 Å².